The Hall–Kier alpha value is -1.31. The molecule has 3 rings (SSSR count). The maximum absolute atomic E-state index is 6.14. The Bertz CT molecular complexity index is 652. The van der Waals surface area contributed by atoms with E-state index in [0.29, 0.717) is 5.92 Å². The highest BCUT2D eigenvalue weighted by molar-refractivity contribution is 6.30. The molecule has 0 bridgehead atoms. The Morgan fingerprint density at radius 3 is 2.67 bits per heavy atom. The van der Waals surface area contributed by atoms with Crippen LogP contribution in [0.4, 0.5) is 0 Å². The Morgan fingerprint density at radius 2 is 1.88 bits per heavy atom. The molecule has 0 N–H and O–H groups in total. The Balaban J connectivity index is 1.45. The fourth-order valence-corrected chi connectivity index (χ4v) is 4.20. The number of rotatable bonds is 7. The van der Waals surface area contributed by atoms with Crippen LogP contribution in [0.1, 0.15) is 42.4 Å². The molecule has 2 heteroatoms. The third-order valence-corrected chi connectivity index (χ3v) is 5.65. The second kappa shape index (κ2) is 8.18. The van der Waals surface area contributed by atoms with Crippen molar-refractivity contribution in [3.8, 4) is 0 Å². The van der Waals surface area contributed by atoms with Crippen LogP contribution in [0, 0.1) is 5.92 Å². The van der Waals surface area contributed by atoms with E-state index in [4.69, 9.17) is 11.6 Å². The summed E-state index contributed by atoms with van der Waals surface area (Å²) in [5.74, 6) is 1.45. The van der Waals surface area contributed by atoms with E-state index in [-0.39, 0.29) is 0 Å². The molecule has 0 saturated carbocycles. The molecule has 0 radical (unpaired) electrons. The molecule has 2 aromatic rings. The van der Waals surface area contributed by atoms with E-state index in [1.807, 2.05) is 0 Å². The van der Waals surface area contributed by atoms with Crippen molar-refractivity contribution in [3.05, 3.63) is 70.2 Å². The van der Waals surface area contributed by atoms with Crippen LogP contribution in [0.3, 0.4) is 0 Å². The van der Waals surface area contributed by atoms with Crippen LogP contribution in [0.2, 0.25) is 5.02 Å². The van der Waals surface area contributed by atoms with Crippen molar-refractivity contribution >= 4 is 11.6 Å². The third kappa shape index (κ3) is 4.40. The molecule has 128 valence electrons. The van der Waals surface area contributed by atoms with Crippen LogP contribution in [-0.4, -0.2) is 25.0 Å². The predicted molar refractivity (Wildman–Crippen MR) is 104 cm³/mol. The molecule has 0 fully saturated rings. The fourth-order valence-electron chi connectivity index (χ4n) is 4.01. The highest BCUT2D eigenvalue weighted by Crippen LogP contribution is 2.41. The van der Waals surface area contributed by atoms with E-state index in [2.05, 4.69) is 67.4 Å². The first kappa shape index (κ1) is 17.5. The van der Waals surface area contributed by atoms with Gasteiger partial charge in [-0.1, -0.05) is 54.9 Å². The lowest BCUT2D eigenvalue weighted by molar-refractivity contribution is 0.317. The fraction of sp³-hybridized carbons (Fsp3) is 0.455. The molecule has 1 nitrogen and oxygen atoms in total. The first-order valence-electron chi connectivity index (χ1n) is 9.14. The quantitative estimate of drug-likeness (QED) is 0.636. The summed E-state index contributed by atoms with van der Waals surface area (Å²) in [5.41, 5.74) is 4.44. The minimum atomic E-state index is 0.708. The summed E-state index contributed by atoms with van der Waals surface area (Å²) >= 11 is 6.14. The highest BCUT2D eigenvalue weighted by Gasteiger charge is 2.28. The second-order valence-electron chi connectivity index (χ2n) is 7.31. The molecular formula is C22H28ClN. The van der Waals surface area contributed by atoms with Crippen molar-refractivity contribution in [2.24, 2.45) is 5.92 Å². The summed E-state index contributed by atoms with van der Waals surface area (Å²) in [7, 11) is 2.24. The van der Waals surface area contributed by atoms with Crippen molar-refractivity contribution in [2.75, 3.05) is 20.1 Å². The SMILES string of the molecule is C[C@@H]1Cc2cc(Cl)ccc2C1CCCN(C)CCc1ccccc1. The highest BCUT2D eigenvalue weighted by atomic mass is 35.5. The summed E-state index contributed by atoms with van der Waals surface area (Å²) < 4.78 is 0. The van der Waals surface area contributed by atoms with E-state index < -0.39 is 0 Å². The van der Waals surface area contributed by atoms with Gasteiger partial charge in [-0.3, -0.25) is 0 Å². The lowest BCUT2D eigenvalue weighted by atomic mass is 9.89. The monoisotopic (exact) mass is 341 g/mol. The first-order valence-corrected chi connectivity index (χ1v) is 9.52. The van der Waals surface area contributed by atoms with Crippen molar-refractivity contribution in [3.63, 3.8) is 0 Å². The molecule has 1 aliphatic rings. The van der Waals surface area contributed by atoms with Gasteiger partial charge < -0.3 is 4.90 Å². The zero-order valence-electron chi connectivity index (χ0n) is 14.8. The van der Waals surface area contributed by atoms with Gasteiger partial charge in [-0.05, 0) is 79.9 Å². The van der Waals surface area contributed by atoms with Crippen LogP contribution in [0.15, 0.2) is 48.5 Å². The number of likely N-dealkylation sites (N-methyl/N-ethyl adjacent to an activating group) is 1. The molecule has 2 atom stereocenters. The number of hydrogen-bond donors (Lipinski definition) is 0. The Kier molecular flexibility index (Phi) is 5.97. The smallest absolute Gasteiger partial charge is 0.0408 e. The van der Waals surface area contributed by atoms with Crippen molar-refractivity contribution in [2.45, 2.75) is 38.5 Å². The maximum atomic E-state index is 6.14. The van der Waals surface area contributed by atoms with Gasteiger partial charge in [0.25, 0.3) is 0 Å². The van der Waals surface area contributed by atoms with Crippen LogP contribution >= 0.6 is 11.6 Å². The Labute approximate surface area is 151 Å². The lowest BCUT2D eigenvalue weighted by Crippen LogP contribution is -2.23. The zero-order chi connectivity index (χ0) is 16.9. The van der Waals surface area contributed by atoms with Gasteiger partial charge in [-0.2, -0.15) is 0 Å². The van der Waals surface area contributed by atoms with Gasteiger partial charge in [-0.25, -0.2) is 0 Å². The largest absolute Gasteiger partial charge is 0.306 e. The summed E-state index contributed by atoms with van der Waals surface area (Å²) in [6, 6.07) is 17.2. The minimum absolute atomic E-state index is 0.708. The minimum Gasteiger partial charge on any atom is -0.306 e. The van der Waals surface area contributed by atoms with Gasteiger partial charge in [-0.15, -0.1) is 0 Å². The molecule has 2 aromatic carbocycles. The van der Waals surface area contributed by atoms with E-state index >= 15 is 0 Å². The van der Waals surface area contributed by atoms with Crippen LogP contribution in [0.25, 0.3) is 0 Å². The average Bonchev–Trinajstić information content (AvgIpc) is 2.88. The van der Waals surface area contributed by atoms with Gasteiger partial charge in [0.1, 0.15) is 0 Å². The summed E-state index contributed by atoms with van der Waals surface area (Å²) in [5, 5.41) is 0.877. The molecule has 0 saturated heterocycles. The number of hydrogen-bond acceptors (Lipinski definition) is 1. The molecule has 1 unspecified atom stereocenters. The number of benzene rings is 2. The van der Waals surface area contributed by atoms with Gasteiger partial charge in [0.05, 0.1) is 0 Å². The second-order valence-corrected chi connectivity index (χ2v) is 7.75. The molecule has 1 aliphatic carbocycles. The predicted octanol–water partition coefficient (Wildman–Crippen LogP) is 5.57. The van der Waals surface area contributed by atoms with Gasteiger partial charge in [0.2, 0.25) is 0 Å². The zero-order valence-corrected chi connectivity index (χ0v) is 15.6. The topological polar surface area (TPSA) is 3.24 Å². The molecule has 24 heavy (non-hydrogen) atoms. The van der Waals surface area contributed by atoms with E-state index in [0.717, 1.165) is 23.9 Å². The number of nitrogens with zero attached hydrogens (tertiary/aromatic N) is 1. The van der Waals surface area contributed by atoms with E-state index in [9.17, 15) is 0 Å². The molecular weight excluding hydrogens is 314 g/mol. The maximum Gasteiger partial charge on any atom is 0.0408 e. The van der Waals surface area contributed by atoms with Crippen molar-refractivity contribution in [1.29, 1.82) is 0 Å². The normalized spacial score (nSPS) is 19.7. The third-order valence-electron chi connectivity index (χ3n) is 5.41. The summed E-state index contributed by atoms with van der Waals surface area (Å²) in [6.07, 6.45) is 4.87. The van der Waals surface area contributed by atoms with Crippen molar-refractivity contribution < 1.29 is 0 Å². The standard InChI is InChI=1S/C22H28ClN/c1-17-15-19-16-20(23)10-11-22(19)21(17)9-6-13-24(2)14-12-18-7-4-3-5-8-18/h3-5,7-8,10-11,16-17,21H,6,9,12-15H2,1-2H3/t17-,21?/m1/s1. The Morgan fingerprint density at radius 1 is 1.08 bits per heavy atom. The average molecular weight is 342 g/mol. The molecule has 0 amide bonds. The summed E-state index contributed by atoms with van der Waals surface area (Å²) in [4.78, 5) is 2.47. The molecule has 0 heterocycles. The van der Waals surface area contributed by atoms with Gasteiger partial charge in [0, 0.05) is 11.6 Å². The van der Waals surface area contributed by atoms with Crippen LogP contribution < -0.4 is 0 Å². The number of halogens is 1. The van der Waals surface area contributed by atoms with E-state index in [1.54, 1.807) is 5.56 Å². The molecule has 0 aromatic heterocycles. The van der Waals surface area contributed by atoms with Gasteiger partial charge in [0.15, 0.2) is 0 Å². The summed E-state index contributed by atoms with van der Waals surface area (Å²) in [6.45, 7) is 4.70. The molecule has 0 aliphatic heterocycles. The molecule has 0 spiro atoms. The lowest BCUT2D eigenvalue weighted by Gasteiger charge is -2.20. The van der Waals surface area contributed by atoms with Crippen molar-refractivity contribution in [1.82, 2.24) is 4.90 Å². The van der Waals surface area contributed by atoms with E-state index in [1.165, 1.54) is 36.9 Å². The number of fused-ring (bicyclic) bond motifs is 1. The first-order chi connectivity index (χ1) is 11.6. The van der Waals surface area contributed by atoms with Gasteiger partial charge >= 0.3 is 0 Å². The van der Waals surface area contributed by atoms with Crippen LogP contribution in [0.5, 0.6) is 0 Å². The van der Waals surface area contributed by atoms with Crippen LogP contribution in [-0.2, 0) is 12.8 Å².